The van der Waals surface area contributed by atoms with Gasteiger partial charge < -0.3 is 4.90 Å². The molecule has 0 saturated heterocycles. The third-order valence-corrected chi connectivity index (χ3v) is 5.17. The molecule has 0 radical (unpaired) electrons. The monoisotopic (exact) mass is 367 g/mol. The molecule has 0 saturated carbocycles. The summed E-state index contributed by atoms with van der Waals surface area (Å²) in [6.45, 7) is 0.650. The van der Waals surface area contributed by atoms with E-state index < -0.39 is 0 Å². The molecule has 2 nitrogen and oxygen atoms in total. The first kappa shape index (κ1) is 18.2. The third kappa shape index (κ3) is 6.09. The minimum atomic E-state index is 0.162. The molecular formula is C18H19Cl2NOS. The van der Waals surface area contributed by atoms with Crippen molar-refractivity contribution in [2.75, 3.05) is 12.8 Å². The summed E-state index contributed by atoms with van der Waals surface area (Å²) in [5.74, 6) is 1.78. The van der Waals surface area contributed by atoms with Gasteiger partial charge in [0.05, 0.1) is 10.0 Å². The van der Waals surface area contributed by atoms with Crippen LogP contribution in [0.5, 0.6) is 0 Å². The zero-order valence-corrected chi connectivity index (χ0v) is 15.3. The highest BCUT2D eigenvalue weighted by Crippen LogP contribution is 2.24. The molecule has 0 spiro atoms. The summed E-state index contributed by atoms with van der Waals surface area (Å²) in [4.78, 5) is 13.9. The molecule has 2 aromatic carbocycles. The molecule has 0 aliphatic rings. The van der Waals surface area contributed by atoms with Gasteiger partial charge in [-0.05, 0) is 23.3 Å². The Morgan fingerprint density at radius 2 is 1.78 bits per heavy atom. The van der Waals surface area contributed by atoms with Gasteiger partial charge in [0.25, 0.3) is 0 Å². The summed E-state index contributed by atoms with van der Waals surface area (Å²) in [6.07, 6.45) is 0.537. The highest BCUT2D eigenvalue weighted by molar-refractivity contribution is 7.98. The molecule has 0 unspecified atom stereocenters. The second kappa shape index (κ2) is 9.21. The summed E-state index contributed by atoms with van der Waals surface area (Å²) in [5.41, 5.74) is 2.27. The number of nitrogens with zero attached hydrogens (tertiary/aromatic N) is 1. The van der Waals surface area contributed by atoms with Crippen molar-refractivity contribution in [2.24, 2.45) is 0 Å². The van der Waals surface area contributed by atoms with Crippen LogP contribution in [0.15, 0.2) is 48.5 Å². The fraction of sp³-hybridized carbons (Fsp3) is 0.278. The summed E-state index contributed by atoms with van der Waals surface area (Å²) in [7, 11) is 1.85. The normalized spacial score (nSPS) is 10.6. The molecule has 0 heterocycles. The molecule has 0 aliphatic heterocycles. The molecule has 2 aromatic rings. The number of amides is 1. The van der Waals surface area contributed by atoms with Crippen molar-refractivity contribution in [1.29, 1.82) is 0 Å². The predicted octanol–water partition coefficient (Wildman–Crippen LogP) is 5.28. The minimum Gasteiger partial charge on any atom is -0.341 e. The van der Waals surface area contributed by atoms with Crippen LogP contribution in [0.2, 0.25) is 10.0 Å². The average molecular weight is 368 g/mol. The molecule has 0 bridgehead atoms. The fourth-order valence-electron chi connectivity index (χ4n) is 2.12. The fourth-order valence-corrected chi connectivity index (χ4v) is 3.31. The molecule has 5 heteroatoms. The number of carbonyl (C=O) groups excluding carboxylic acids is 1. The van der Waals surface area contributed by atoms with Crippen LogP contribution in [0.25, 0.3) is 0 Å². The molecule has 0 N–H and O–H groups in total. The van der Waals surface area contributed by atoms with E-state index >= 15 is 0 Å². The van der Waals surface area contributed by atoms with E-state index in [4.69, 9.17) is 23.2 Å². The molecule has 0 atom stereocenters. The van der Waals surface area contributed by atoms with E-state index in [2.05, 4.69) is 0 Å². The number of hydrogen-bond acceptors (Lipinski definition) is 2. The molecule has 122 valence electrons. The van der Waals surface area contributed by atoms with Gasteiger partial charge in [0, 0.05) is 31.5 Å². The van der Waals surface area contributed by atoms with Crippen LogP contribution in [0.4, 0.5) is 0 Å². The number of benzene rings is 2. The zero-order valence-electron chi connectivity index (χ0n) is 13.0. The lowest BCUT2D eigenvalue weighted by molar-refractivity contribution is -0.129. The van der Waals surface area contributed by atoms with Crippen molar-refractivity contribution in [1.82, 2.24) is 4.90 Å². The van der Waals surface area contributed by atoms with Crippen molar-refractivity contribution in [2.45, 2.75) is 18.7 Å². The van der Waals surface area contributed by atoms with Gasteiger partial charge in [-0.25, -0.2) is 0 Å². The molecular weight excluding hydrogens is 349 g/mol. The molecule has 0 fully saturated rings. The van der Waals surface area contributed by atoms with E-state index in [0.717, 1.165) is 22.6 Å². The van der Waals surface area contributed by atoms with Gasteiger partial charge in [0.15, 0.2) is 0 Å². The lowest BCUT2D eigenvalue weighted by Gasteiger charge is -2.17. The number of hydrogen-bond donors (Lipinski definition) is 0. The maximum atomic E-state index is 12.1. The van der Waals surface area contributed by atoms with Gasteiger partial charge in [0.1, 0.15) is 0 Å². The van der Waals surface area contributed by atoms with Gasteiger partial charge in [-0.2, -0.15) is 11.8 Å². The Bertz CT molecular complexity index is 649. The van der Waals surface area contributed by atoms with Crippen LogP contribution in [0.3, 0.4) is 0 Å². The van der Waals surface area contributed by atoms with E-state index in [9.17, 15) is 4.79 Å². The van der Waals surface area contributed by atoms with Crippen LogP contribution >= 0.6 is 35.0 Å². The average Bonchev–Trinajstić information content (AvgIpc) is 2.55. The minimum absolute atomic E-state index is 0.162. The Hall–Kier alpha value is -1.16. The smallest absolute Gasteiger partial charge is 0.223 e. The van der Waals surface area contributed by atoms with E-state index in [0.29, 0.717) is 23.0 Å². The van der Waals surface area contributed by atoms with Crippen molar-refractivity contribution in [3.8, 4) is 0 Å². The number of halogens is 2. The topological polar surface area (TPSA) is 20.3 Å². The maximum absolute atomic E-state index is 12.1. The van der Waals surface area contributed by atoms with E-state index in [-0.39, 0.29) is 5.91 Å². The first-order chi connectivity index (χ1) is 11.1. The van der Waals surface area contributed by atoms with Gasteiger partial charge in [-0.1, -0.05) is 59.6 Å². The highest BCUT2D eigenvalue weighted by atomic mass is 35.5. The Morgan fingerprint density at radius 3 is 2.48 bits per heavy atom. The number of thioether (sulfide) groups is 1. The van der Waals surface area contributed by atoms with Crippen molar-refractivity contribution in [3.63, 3.8) is 0 Å². The Labute approximate surface area is 151 Å². The van der Waals surface area contributed by atoms with Crippen LogP contribution in [0.1, 0.15) is 17.5 Å². The largest absolute Gasteiger partial charge is 0.341 e. The predicted molar refractivity (Wildman–Crippen MR) is 100 cm³/mol. The van der Waals surface area contributed by atoms with E-state index in [1.165, 1.54) is 0 Å². The second-order valence-electron chi connectivity index (χ2n) is 5.29. The third-order valence-electron chi connectivity index (χ3n) is 3.40. The Kier molecular flexibility index (Phi) is 7.28. The van der Waals surface area contributed by atoms with Crippen LogP contribution in [-0.2, 0) is 17.1 Å². The number of rotatable bonds is 7. The van der Waals surface area contributed by atoms with E-state index in [1.807, 2.05) is 49.5 Å². The van der Waals surface area contributed by atoms with Gasteiger partial charge >= 0.3 is 0 Å². The summed E-state index contributed by atoms with van der Waals surface area (Å²) < 4.78 is 0. The van der Waals surface area contributed by atoms with Gasteiger partial charge in [0.2, 0.25) is 5.91 Å². The summed E-state index contributed by atoms with van der Waals surface area (Å²) >= 11 is 13.6. The van der Waals surface area contributed by atoms with Crippen LogP contribution in [0, 0.1) is 0 Å². The summed E-state index contributed by atoms with van der Waals surface area (Å²) in [6, 6.07) is 15.7. The summed E-state index contributed by atoms with van der Waals surface area (Å²) in [5, 5.41) is 1.14. The lowest BCUT2D eigenvalue weighted by atomic mass is 10.2. The molecule has 0 aromatic heterocycles. The van der Waals surface area contributed by atoms with Crippen molar-refractivity contribution >= 4 is 40.9 Å². The van der Waals surface area contributed by atoms with Crippen molar-refractivity contribution in [3.05, 3.63) is 69.7 Å². The molecule has 2 rings (SSSR count). The van der Waals surface area contributed by atoms with E-state index in [1.54, 1.807) is 22.7 Å². The first-order valence-electron chi connectivity index (χ1n) is 7.36. The van der Waals surface area contributed by atoms with Crippen LogP contribution in [-0.4, -0.2) is 23.6 Å². The van der Waals surface area contributed by atoms with Gasteiger partial charge in [-0.15, -0.1) is 0 Å². The SMILES string of the molecule is CN(Cc1ccccc1)C(=O)CCSCc1ccc(Cl)c(Cl)c1. The Balaban J connectivity index is 1.71. The van der Waals surface area contributed by atoms with Crippen LogP contribution < -0.4 is 0 Å². The quantitative estimate of drug-likeness (QED) is 0.620. The zero-order chi connectivity index (χ0) is 16.7. The standard InChI is InChI=1S/C18H19Cl2NOS/c1-21(12-14-5-3-2-4-6-14)18(22)9-10-23-13-15-7-8-16(19)17(20)11-15/h2-8,11H,9-10,12-13H2,1H3. The second-order valence-corrected chi connectivity index (χ2v) is 7.21. The van der Waals surface area contributed by atoms with Crippen molar-refractivity contribution < 1.29 is 4.79 Å². The molecule has 1 amide bonds. The van der Waals surface area contributed by atoms with Gasteiger partial charge in [-0.3, -0.25) is 4.79 Å². The first-order valence-corrected chi connectivity index (χ1v) is 9.27. The molecule has 23 heavy (non-hydrogen) atoms. The molecule has 0 aliphatic carbocycles. The maximum Gasteiger partial charge on any atom is 0.223 e. The Morgan fingerprint density at radius 1 is 1.04 bits per heavy atom. The highest BCUT2D eigenvalue weighted by Gasteiger charge is 2.09. The lowest BCUT2D eigenvalue weighted by Crippen LogP contribution is -2.26. The number of carbonyl (C=O) groups is 1.